The molecule has 0 aliphatic carbocycles. The minimum Gasteiger partial charge on any atom is -0.314 e. The van der Waals surface area contributed by atoms with Crippen molar-refractivity contribution >= 4 is 10.0 Å². The van der Waals surface area contributed by atoms with Crippen LogP contribution in [0.5, 0.6) is 0 Å². The average Bonchev–Trinajstić information content (AvgIpc) is 2.36. The fourth-order valence-electron chi connectivity index (χ4n) is 2.98. The fraction of sp³-hybridized carbons (Fsp3) is 1.00. The van der Waals surface area contributed by atoms with Gasteiger partial charge in [-0.1, -0.05) is 27.7 Å². The van der Waals surface area contributed by atoms with Crippen molar-refractivity contribution in [1.29, 1.82) is 0 Å². The molecule has 0 spiro atoms. The molecule has 0 aromatic rings. The van der Waals surface area contributed by atoms with Crippen LogP contribution in [0.4, 0.5) is 0 Å². The van der Waals surface area contributed by atoms with Crippen LogP contribution in [0.2, 0.25) is 0 Å². The fourth-order valence-corrected chi connectivity index (χ4v) is 3.93. The highest BCUT2D eigenvalue weighted by molar-refractivity contribution is 7.88. The molecule has 0 saturated carbocycles. The zero-order chi connectivity index (χ0) is 15.4. The lowest BCUT2D eigenvalue weighted by molar-refractivity contribution is 0.166. The van der Waals surface area contributed by atoms with Gasteiger partial charge in [-0.05, 0) is 37.0 Å². The molecule has 0 amide bonds. The molecule has 5 heteroatoms. The molecule has 0 aromatic heterocycles. The summed E-state index contributed by atoms with van der Waals surface area (Å²) >= 11 is 0. The molecule has 1 heterocycles. The van der Waals surface area contributed by atoms with E-state index in [1.807, 2.05) is 0 Å². The summed E-state index contributed by atoms with van der Waals surface area (Å²) in [5.74, 6) is 0.498. The highest BCUT2D eigenvalue weighted by atomic mass is 32.2. The summed E-state index contributed by atoms with van der Waals surface area (Å²) < 4.78 is 25.1. The standard InChI is InChI=1S/C15H32N2O2S/c1-6-15(4,12-16-13(2)3)10-14-8-7-9-17(11-14)20(5,18)19/h13-14,16H,6-12H2,1-5H3. The molecule has 0 bridgehead atoms. The van der Waals surface area contributed by atoms with Crippen LogP contribution in [-0.4, -0.2) is 44.7 Å². The van der Waals surface area contributed by atoms with Crippen molar-refractivity contribution in [2.24, 2.45) is 11.3 Å². The Hall–Kier alpha value is -0.130. The second kappa shape index (κ2) is 7.23. The molecule has 0 radical (unpaired) electrons. The molecule has 0 aromatic carbocycles. The second-order valence-electron chi connectivity index (χ2n) is 7.03. The van der Waals surface area contributed by atoms with Gasteiger partial charge in [0.25, 0.3) is 0 Å². The first-order chi connectivity index (χ1) is 9.16. The number of rotatable bonds is 7. The Balaban J connectivity index is 2.60. The van der Waals surface area contributed by atoms with Crippen LogP contribution in [-0.2, 0) is 10.0 Å². The predicted molar refractivity (Wildman–Crippen MR) is 85.3 cm³/mol. The van der Waals surface area contributed by atoms with Crippen LogP contribution in [0.15, 0.2) is 0 Å². The van der Waals surface area contributed by atoms with Crippen molar-refractivity contribution in [3.8, 4) is 0 Å². The van der Waals surface area contributed by atoms with Gasteiger partial charge in [-0.2, -0.15) is 0 Å². The molecule has 1 aliphatic rings. The van der Waals surface area contributed by atoms with E-state index in [4.69, 9.17) is 0 Å². The van der Waals surface area contributed by atoms with Crippen molar-refractivity contribution in [3.63, 3.8) is 0 Å². The molecular weight excluding hydrogens is 272 g/mol. The Morgan fingerprint density at radius 1 is 1.40 bits per heavy atom. The third-order valence-electron chi connectivity index (χ3n) is 4.52. The van der Waals surface area contributed by atoms with E-state index >= 15 is 0 Å². The summed E-state index contributed by atoms with van der Waals surface area (Å²) in [5, 5.41) is 3.54. The lowest BCUT2D eigenvalue weighted by Crippen LogP contribution is -2.42. The first-order valence-corrected chi connectivity index (χ1v) is 9.69. The van der Waals surface area contributed by atoms with Crippen LogP contribution in [0.3, 0.4) is 0 Å². The van der Waals surface area contributed by atoms with E-state index in [9.17, 15) is 8.42 Å². The third kappa shape index (κ3) is 5.70. The van der Waals surface area contributed by atoms with Gasteiger partial charge >= 0.3 is 0 Å². The predicted octanol–water partition coefficient (Wildman–Crippen LogP) is 2.46. The molecule has 2 unspecified atom stereocenters. The summed E-state index contributed by atoms with van der Waals surface area (Å²) in [6.45, 7) is 11.3. The van der Waals surface area contributed by atoms with E-state index in [2.05, 4.69) is 33.0 Å². The van der Waals surface area contributed by atoms with Crippen LogP contribution in [0.25, 0.3) is 0 Å². The molecule has 1 saturated heterocycles. The van der Waals surface area contributed by atoms with Gasteiger partial charge in [0, 0.05) is 25.7 Å². The average molecular weight is 304 g/mol. The Morgan fingerprint density at radius 2 is 2.05 bits per heavy atom. The SMILES string of the molecule is CCC(C)(CNC(C)C)CC1CCCN(S(C)(=O)=O)C1. The molecular formula is C15H32N2O2S. The van der Waals surface area contributed by atoms with E-state index in [-0.39, 0.29) is 5.41 Å². The number of nitrogens with one attached hydrogen (secondary N) is 1. The zero-order valence-electron chi connectivity index (χ0n) is 13.8. The second-order valence-corrected chi connectivity index (χ2v) is 9.02. The van der Waals surface area contributed by atoms with Gasteiger partial charge in [0.15, 0.2) is 0 Å². The van der Waals surface area contributed by atoms with Crippen LogP contribution in [0.1, 0.15) is 53.4 Å². The summed E-state index contributed by atoms with van der Waals surface area (Å²) in [6, 6.07) is 0.500. The van der Waals surface area contributed by atoms with E-state index < -0.39 is 10.0 Å². The van der Waals surface area contributed by atoms with Crippen molar-refractivity contribution in [1.82, 2.24) is 9.62 Å². The summed E-state index contributed by atoms with van der Waals surface area (Å²) in [6.07, 6.45) is 5.71. The maximum absolute atomic E-state index is 11.7. The van der Waals surface area contributed by atoms with E-state index in [1.54, 1.807) is 4.31 Å². The van der Waals surface area contributed by atoms with E-state index in [1.165, 1.54) is 6.26 Å². The Bertz CT molecular complexity index is 395. The quantitative estimate of drug-likeness (QED) is 0.786. The summed E-state index contributed by atoms with van der Waals surface area (Å²) in [5.41, 5.74) is 0.259. The van der Waals surface area contributed by atoms with Crippen molar-refractivity contribution in [2.75, 3.05) is 25.9 Å². The molecule has 20 heavy (non-hydrogen) atoms. The van der Waals surface area contributed by atoms with Gasteiger partial charge in [0.2, 0.25) is 10.0 Å². The first kappa shape index (κ1) is 17.9. The minimum absolute atomic E-state index is 0.259. The molecule has 1 N–H and O–H groups in total. The minimum atomic E-state index is -3.03. The van der Waals surface area contributed by atoms with Crippen molar-refractivity contribution < 1.29 is 8.42 Å². The lowest BCUT2D eigenvalue weighted by Gasteiger charge is -2.38. The van der Waals surface area contributed by atoms with Crippen LogP contribution < -0.4 is 5.32 Å². The third-order valence-corrected chi connectivity index (χ3v) is 5.79. The molecule has 1 fully saturated rings. The van der Waals surface area contributed by atoms with E-state index in [0.717, 1.165) is 32.2 Å². The topological polar surface area (TPSA) is 49.4 Å². The van der Waals surface area contributed by atoms with Crippen LogP contribution >= 0.6 is 0 Å². The molecule has 1 aliphatic heterocycles. The van der Waals surface area contributed by atoms with Gasteiger partial charge < -0.3 is 5.32 Å². The van der Waals surface area contributed by atoms with Crippen LogP contribution in [0, 0.1) is 11.3 Å². The lowest BCUT2D eigenvalue weighted by atomic mass is 9.76. The van der Waals surface area contributed by atoms with Gasteiger partial charge in [0.05, 0.1) is 6.26 Å². The molecule has 2 atom stereocenters. The maximum Gasteiger partial charge on any atom is 0.211 e. The Morgan fingerprint density at radius 3 is 2.55 bits per heavy atom. The monoisotopic (exact) mass is 304 g/mol. The smallest absolute Gasteiger partial charge is 0.211 e. The van der Waals surface area contributed by atoms with E-state index in [0.29, 0.717) is 25.0 Å². The number of hydrogen-bond acceptors (Lipinski definition) is 3. The number of nitrogens with zero attached hydrogens (tertiary/aromatic N) is 1. The normalized spacial score (nSPS) is 24.8. The van der Waals surface area contributed by atoms with Gasteiger partial charge in [-0.25, -0.2) is 12.7 Å². The molecule has 4 nitrogen and oxygen atoms in total. The van der Waals surface area contributed by atoms with Gasteiger partial charge in [-0.15, -0.1) is 0 Å². The summed E-state index contributed by atoms with van der Waals surface area (Å²) in [4.78, 5) is 0. The van der Waals surface area contributed by atoms with Gasteiger partial charge in [0.1, 0.15) is 0 Å². The first-order valence-electron chi connectivity index (χ1n) is 7.85. The zero-order valence-corrected chi connectivity index (χ0v) is 14.6. The Kier molecular flexibility index (Phi) is 6.48. The highest BCUT2D eigenvalue weighted by Crippen LogP contribution is 2.33. The molecule has 120 valence electrons. The molecule has 1 rings (SSSR count). The number of sulfonamides is 1. The van der Waals surface area contributed by atoms with Gasteiger partial charge in [-0.3, -0.25) is 0 Å². The highest BCUT2D eigenvalue weighted by Gasteiger charge is 2.31. The maximum atomic E-state index is 11.7. The number of hydrogen-bond donors (Lipinski definition) is 1. The van der Waals surface area contributed by atoms with Crippen molar-refractivity contribution in [3.05, 3.63) is 0 Å². The Labute approximate surface area is 125 Å². The summed E-state index contributed by atoms with van der Waals surface area (Å²) in [7, 11) is -3.03. The number of piperidine rings is 1. The largest absolute Gasteiger partial charge is 0.314 e. The van der Waals surface area contributed by atoms with Crippen molar-refractivity contribution in [2.45, 2.75) is 59.4 Å².